The first-order valence-electron chi connectivity index (χ1n) is 9.32. The highest BCUT2D eigenvalue weighted by Crippen LogP contribution is 2.44. The molecule has 3 N–H and O–H groups in total. The number of phenolic OH excluding ortho intramolecular Hbond substituents is 1. The van der Waals surface area contributed by atoms with E-state index < -0.39 is 31.5 Å². The molecular formula is C19H24ClN3O5S. The van der Waals surface area contributed by atoms with Gasteiger partial charge in [0.1, 0.15) is 16.3 Å². The van der Waals surface area contributed by atoms with Gasteiger partial charge in [-0.05, 0) is 36.8 Å². The highest BCUT2D eigenvalue weighted by molar-refractivity contribution is 7.89. The van der Waals surface area contributed by atoms with Gasteiger partial charge in [0.15, 0.2) is 5.75 Å². The van der Waals surface area contributed by atoms with Crippen LogP contribution in [0.25, 0.3) is 0 Å². The molecule has 29 heavy (non-hydrogen) atoms. The molecule has 1 fully saturated rings. The van der Waals surface area contributed by atoms with Crippen LogP contribution < -0.4 is 21.5 Å². The minimum atomic E-state index is -4.02. The van der Waals surface area contributed by atoms with Gasteiger partial charge in [0.25, 0.3) is 10.9 Å². The molecule has 0 bridgehead atoms. The van der Waals surface area contributed by atoms with E-state index in [2.05, 4.69) is 17.6 Å². The average molecular weight is 442 g/mol. The Kier molecular flexibility index (Phi) is 5.68. The van der Waals surface area contributed by atoms with Crippen LogP contribution in [0.1, 0.15) is 32.6 Å². The Hall–Kier alpha value is -2.10. The van der Waals surface area contributed by atoms with Crippen molar-refractivity contribution in [2.24, 2.45) is 5.41 Å². The molecule has 8 nitrogen and oxygen atoms in total. The zero-order valence-electron chi connectivity index (χ0n) is 16.5. The van der Waals surface area contributed by atoms with Gasteiger partial charge in [0.05, 0.1) is 10.7 Å². The molecule has 0 aromatic heterocycles. The number of anilines is 3. The lowest BCUT2D eigenvalue weighted by Gasteiger charge is -2.41. The Bertz CT molecular complexity index is 1110. The average Bonchev–Trinajstić information content (AvgIpc) is 2.63. The number of halogens is 1. The lowest BCUT2D eigenvalue weighted by molar-refractivity contribution is 0.145. The Balaban J connectivity index is 1.91. The number of nitrogens with zero attached hydrogens (tertiary/aromatic N) is 1. The summed E-state index contributed by atoms with van der Waals surface area (Å²) in [6.07, 6.45) is 4.26. The summed E-state index contributed by atoms with van der Waals surface area (Å²) >= 11 is 5.99. The number of nitrogens with one attached hydrogen (secondary N) is 2. The minimum absolute atomic E-state index is 0.00593. The third kappa shape index (κ3) is 3.62. The number of sulfonamides is 1. The van der Waals surface area contributed by atoms with Gasteiger partial charge in [-0.15, -0.1) is 0 Å². The Morgan fingerprint density at radius 1 is 1.17 bits per heavy atom. The van der Waals surface area contributed by atoms with E-state index in [1.807, 2.05) is 0 Å². The fraction of sp³-hybridized carbons (Fsp3) is 0.474. The van der Waals surface area contributed by atoms with E-state index in [4.69, 9.17) is 11.6 Å². The summed E-state index contributed by atoms with van der Waals surface area (Å²) in [6, 6.07) is 2.66. The molecule has 2 aromatic carbocycles. The van der Waals surface area contributed by atoms with Crippen LogP contribution in [0.3, 0.4) is 0 Å². The smallest absolute Gasteiger partial charge is 0.253 e. The molecule has 0 radical (unpaired) electrons. The molecule has 1 saturated carbocycles. The molecule has 0 aliphatic heterocycles. The van der Waals surface area contributed by atoms with Gasteiger partial charge in [-0.25, -0.2) is 12.7 Å². The van der Waals surface area contributed by atoms with Gasteiger partial charge < -0.3 is 15.7 Å². The van der Waals surface area contributed by atoms with Crippen LogP contribution in [0, 0.1) is 5.41 Å². The van der Waals surface area contributed by atoms with Gasteiger partial charge in [0, 0.05) is 20.6 Å². The molecule has 0 amide bonds. The van der Waals surface area contributed by atoms with Crippen molar-refractivity contribution in [2.45, 2.75) is 37.5 Å². The molecule has 0 atom stereocenters. The van der Waals surface area contributed by atoms with Crippen LogP contribution >= 0.6 is 11.6 Å². The fourth-order valence-electron chi connectivity index (χ4n) is 3.50. The van der Waals surface area contributed by atoms with Crippen LogP contribution in [0.4, 0.5) is 17.1 Å². The second kappa shape index (κ2) is 7.62. The van der Waals surface area contributed by atoms with Crippen LogP contribution in [0.2, 0.25) is 5.02 Å². The molecule has 0 saturated heterocycles. The molecular weight excluding hydrogens is 418 g/mol. The Morgan fingerprint density at radius 2 is 1.79 bits per heavy atom. The summed E-state index contributed by atoms with van der Waals surface area (Å²) in [4.78, 5) is 23.6. The molecule has 1 aliphatic rings. The summed E-state index contributed by atoms with van der Waals surface area (Å²) in [6.45, 7) is 2.68. The molecule has 0 heterocycles. The van der Waals surface area contributed by atoms with Crippen LogP contribution in [-0.2, 0) is 10.0 Å². The first kappa shape index (κ1) is 21.6. The van der Waals surface area contributed by atoms with Crippen molar-refractivity contribution in [3.63, 3.8) is 0 Å². The lowest BCUT2D eigenvalue weighted by Crippen LogP contribution is -2.41. The standard InChI is InChI=1S/C19H24ClN3O5S/c1-4-19(8-5-9-19)10-21-13-14(17(26)16(13)25)22-12-7-6-11(20)18(15(12)24)29(27,28)23(2)3/h6-7,21-22,24H,4-5,8-10H2,1-3H3. The van der Waals surface area contributed by atoms with Crippen LogP contribution in [0.15, 0.2) is 26.6 Å². The minimum Gasteiger partial charge on any atom is -0.504 e. The molecule has 1 aliphatic carbocycles. The zero-order valence-corrected chi connectivity index (χ0v) is 18.1. The van der Waals surface area contributed by atoms with Gasteiger partial charge in [-0.1, -0.05) is 24.9 Å². The summed E-state index contributed by atoms with van der Waals surface area (Å²) in [5.41, 5.74) is -1.09. The lowest BCUT2D eigenvalue weighted by atomic mass is 9.67. The van der Waals surface area contributed by atoms with Crippen LogP contribution in [0.5, 0.6) is 5.75 Å². The molecule has 0 spiro atoms. The largest absolute Gasteiger partial charge is 0.504 e. The number of aromatic hydroxyl groups is 1. The maximum atomic E-state index is 12.5. The normalized spacial score (nSPS) is 16.0. The SMILES string of the molecule is CCC1(CNc2c(Nc3ccc(Cl)c(S(=O)(=O)N(C)C)c3O)c(=O)c2=O)CCC1. The number of hydrogen-bond acceptors (Lipinski definition) is 7. The maximum absolute atomic E-state index is 12.5. The van der Waals surface area contributed by atoms with E-state index in [0.717, 1.165) is 30.0 Å². The van der Waals surface area contributed by atoms with Gasteiger partial charge in [-0.2, -0.15) is 0 Å². The monoisotopic (exact) mass is 441 g/mol. The summed E-state index contributed by atoms with van der Waals surface area (Å²) in [5.74, 6) is -0.616. The molecule has 3 rings (SSSR count). The molecule has 158 valence electrons. The van der Waals surface area contributed by atoms with E-state index in [1.165, 1.54) is 26.2 Å². The predicted octanol–water partition coefficient (Wildman–Crippen LogP) is 2.63. The van der Waals surface area contributed by atoms with E-state index in [-0.39, 0.29) is 27.5 Å². The van der Waals surface area contributed by atoms with E-state index >= 15 is 0 Å². The van der Waals surface area contributed by atoms with Gasteiger partial charge in [-0.3, -0.25) is 9.59 Å². The van der Waals surface area contributed by atoms with Gasteiger partial charge >= 0.3 is 0 Å². The van der Waals surface area contributed by atoms with E-state index in [9.17, 15) is 23.1 Å². The van der Waals surface area contributed by atoms with Crippen molar-refractivity contribution >= 4 is 38.7 Å². The number of rotatable bonds is 8. The number of phenols is 1. The van der Waals surface area contributed by atoms with Gasteiger partial charge in [0.2, 0.25) is 10.0 Å². The molecule has 10 heteroatoms. The topological polar surface area (TPSA) is 116 Å². The summed E-state index contributed by atoms with van der Waals surface area (Å²) in [5, 5.41) is 16.1. The van der Waals surface area contributed by atoms with Crippen molar-refractivity contribution < 1.29 is 13.5 Å². The highest BCUT2D eigenvalue weighted by Gasteiger charge is 2.36. The van der Waals surface area contributed by atoms with Crippen molar-refractivity contribution in [1.82, 2.24) is 4.31 Å². The van der Waals surface area contributed by atoms with Crippen molar-refractivity contribution in [3.05, 3.63) is 37.6 Å². The van der Waals surface area contributed by atoms with Crippen molar-refractivity contribution in [2.75, 3.05) is 31.3 Å². The Labute approximate surface area is 174 Å². The second-order valence-electron chi connectivity index (χ2n) is 7.65. The fourth-order valence-corrected chi connectivity index (χ4v) is 4.98. The maximum Gasteiger partial charge on any atom is 0.253 e. The van der Waals surface area contributed by atoms with E-state index in [1.54, 1.807) is 0 Å². The second-order valence-corrected chi connectivity index (χ2v) is 10.1. The number of benzene rings is 1. The third-order valence-corrected chi connectivity index (χ3v) is 8.11. The number of hydrogen-bond donors (Lipinski definition) is 3. The quantitative estimate of drug-likeness (QED) is 0.426. The summed E-state index contributed by atoms with van der Waals surface area (Å²) in [7, 11) is -1.40. The van der Waals surface area contributed by atoms with E-state index in [0.29, 0.717) is 6.54 Å². The van der Waals surface area contributed by atoms with Crippen molar-refractivity contribution in [1.29, 1.82) is 0 Å². The first-order valence-corrected chi connectivity index (χ1v) is 11.1. The molecule has 0 unspecified atom stereocenters. The van der Waals surface area contributed by atoms with Crippen LogP contribution in [-0.4, -0.2) is 38.5 Å². The third-order valence-electron chi connectivity index (χ3n) is 5.80. The first-order chi connectivity index (χ1) is 13.5. The highest BCUT2D eigenvalue weighted by atomic mass is 35.5. The zero-order chi connectivity index (χ0) is 21.6. The van der Waals surface area contributed by atoms with Crippen molar-refractivity contribution in [3.8, 4) is 5.75 Å². The molecule has 2 aromatic rings. The summed E-state index contributed by atoms with van der Waals surface area (Å²) < 4.78 is 25.9. The predicted molar refractivity (Wildman–Crippen MR) is 114 cm³/mol. The Morgan fingerprint density at radius 3 is 2.31 bits per heavy atom.